The van der Waals surface area contributed by atoms with Crippen LogP contribution in [0.2, 0.25) is 0 Å². The van der Waals surface area contributed by atoms with Gasteiger partial charge in [-0.1, -0.05) is 6.07 Å². The van der Waals surface area contributed by atoms with Gasteiger partial charge in [0.1, 0.15) is 23.5 Å². The van der Waals surface area contributed by atoms with Crippen LogP contribution in [-0.2, 0) is 0 Å². The first-order valence-corrected chi connectivity index (χ1v) is 6.56. The van der Waals surface area contributed by atoms with Crippen LogP contribution in [0.1, 0.15) is 10.4 Å². The standard InChI is InChI=1S/C16H12O6.Na/c17-5-6-21-10-2-4-13-12(8-10)15(18)11-3-1-9(16(19)20)7-14(11)22-13;/h1-4,7-8,17H,5-6H2,(H,19,20);/q;+1/p-1. The zero-order chi connectivity index (χ0) is 15.7. The van der Waals surface area contributed by atoms with Crippen LogP contribution in [0.4, 0.5) is 0 Å². The molecule has 0 saturated heterocycles. The Morgan fingerprint density at radius 1 is 1.13 bits per heavy atom. The molecule has 1 N–H and O–H groups in total. The first kappa shape index (κ1) is 17.5. The second-order valence-electron chi connectivity index (χ2n) is 4.66. The number of aliphatic hydroxyl groups excluding tert-OH is 1. The minimum Gasteiger partial charge on any atom is -0.545 e. The minimum absolute atomic E-state index is 0. The molecule has 0 aliphatic heterocycles. The van der Waals surface area contributed by atoms with Crippen molar-refractivity contribution >= 4 is 27.9 Å². The second-order valence-corrected chi connectivity index (χ2v) is 4.66. The molecule has 2 aromatic carbocycles. The Balaban J connectivity index is 0.00000192. The Kier molecular flexibility index (Phi) is 5.43. The van der Waals surface area contributed by atoms with Crippen molar-refractivity contribution in [1.82, 2.24) is 0 Å². The average molecular weight is 322 g/mol. The van der Waals surface area contributed by atoms with Crippen LogP contribution in [0.5, 0.6) is 5.75 Å². The summed E-state index contributed by atoms with van der Waals surface area (Å²) in [7, 11) is 0. The van der Waals surface area contributed by atoms with E-state index in [1.807, 2.05) is 0 Å². The molecule has 0 unspecified atom stereocenters. The number of carbonyl (C=O) groups is 1. The summed E-state index contributed by atoms with van der Waals surface area (Å²) in [5.41, 5.74) is 0.168. The van der Waals surface area contributed by atoms with E-state index < -0.39 is 5.97 Å². The predicted molar refractivity (Wildman–Crippen MR) is 76.9 cm³/mol. The largest absolute Gasteiger partial charge is 1.00 e. The average Bonchev–Trinajstić information content (AvgIpc) is 2.52. The van der Waals surface area contributed by atoms with Gasteiger partial charge in [0.25, 0.3) is 0 Å². The molecule has 0 aliphatic carbocycles. The fraction of sp³-hybridized carbons (Fsp3) is 0.125. The summed E-state index contributed by atoms with van der Waals surface area (Å²) in [5.74, 6) is -0.892. The van der Waals surface area contributed by atoms with Crippen LogP contribution in [0.3, 0.4) is 0 Å². The summed E-state index contributed by atoms with van der Waals surface area (Å²) in [6.07, 6.45) is 0. The van der Waals surface area contributed by atoms with Gasteiger partial charge in [0.05, 0.1) is 23.3 Å². The topological polar surface area (TPSA) is 99.8 Å². The number of aromatic carboxylic acids is 1. The van der Waals surface area contributed by atoms with Gasteiger partial charge in [-0.25, -0.2) is 0 Å². The van der Waals surface area contributed by atoms with E-state index in [2.05, 4.69) is 0 Å². The van der Waals surface area contributed by atoms with Crippen LogP contribution in [0.25, 0.3) is 21.9 Å². The molecule has 6 nitrogen and oxygen atoms in total. The third-order valence-electron chi connectivity index (χ3n) is 3.24. The number of carboxylic acid groups (broad SMARTS) is 1. The van der Waals surface area contributed by atoms with Gasteiger partial charge in [0, 0.05) is 5.56 Å². The fourth-order valence-corrected chi connectivity index (χ4v) is 2.21. The number of hydrogen-bond acceptors (Lipinski definition) is 6. The number of fused-ring (bicyclic) bond motifs is 2. The molecule has 0 bridgehead atoms. The molecule has 1 aromatic heterocycles. The maximum atomic E-state index is 12.5. The summed E-state index contributed by atoms with van der Waals surface area (Å²) in [6, 6.07) is 8.66. The molecule has 1 heterocycles. The SMILES string of the molecule is O=C([O-])c1ccc2c(=O)c3cc(OCCO)ccc3oc2c1.[Na+]. The summed E-state index contributed by atoms with van der Waals surface area (Å²) < 4.78 is 10.8. The van der Waals surface area contributed by atoms with E-state index in [1.54, 1.807) is 12.1 Å². The van der Waals surface area contributed by atoms with Crippen molar-refractivity contribution in [2.75, 3.05) is 13.2 Å². The van der Waals surface area contributed by atoms with E-state index in [9.17, 15) is 14.7 Å². The van der Waals surface area contributed by atoms with E-state index in [0.29, 0.717) is 16.7 Å². The van der Waals surface area contributed by atoms with Crippen LogP contribution >= 0.6 is 0 Å². The monoisotopic (exact) mass is 322 g/mol. The van der Waals surface area contributed by atoms with E-state index in [1.165, 1.54) is 24.3 Å². The molecule has 3 aromatic rings. The van der Waals surface area contributed by atoms with Gasteiger partial charge >= 0.3 is 29.6 Å². The van der Waals surface area contributed by atoms with Crippen molar-refractivity contribution in [1.29, 1.82) is 0 Å². The van der Waals surface area contributed by atoms with Crippen molar-refractivity contribution in [3.63, 3.8) is 0 Å². The van der Waals surface area contributed by atoms with Crippen LogP contribution in [0.15, 0.2) is 45.6 Å². The number of ether oxygens (including phenoxy) is 1. The minimum atomic E-state index is -1.34. The molecule has 0 radical (unpaired) electrons. The van der Waals surface area contributed by atoms with Crippen molar-refractivity contribution in [3.05, 3.63) is 52.2 Å². The molecule has 23 heavy (non-hydrogen) atoms. The number of rotatable bonds is 4. The van der Waals surface area contributed by atoms with Gasteiger partial charge < -0.3 is 24.2 Å². The molecule has 0 saturated carbocycles. The Hall–Kier alpha value is -1.86. The van der Waals surface area contributed by atoms with Crippen molar-refractivity contribution < 1.29 is 53.7 Å². The number of carboxylic acids is 1. The van der Waals surface area contributed by atoms with E-state index in [0.717, 1.165) is 0 Å². The number of aliphatic hydroxyl groups is 1. The van der Waals surface area contributed by atoms with E-state index in [-0.39, 0.29) is 64.7 Å². The fourth-order valence-electron chi connectivity index (χ4n) is 2.21. The van der Waals surface area contributed by atoms with Gasteiger partial charge in [0.15, 0.2) is 0 Å². The molecule has 0 spiro atoms. The normalized spacial score (nSPS) is 10.5. The van der Waals surface area contributed by atoms with Crippen molar-refractivity contribution in [3.8, 4) is 5.75 Å². The zero-order valence-corrected chi connectivity index (χ0v) is 14.4. The smallest absolute Gasteiger partial charge is 0.545 e. The van der Waals surface area contributed by atoms with Crippen LogP contribution in [0, 0.1) is 0 Å². The van der Waals surface area contributed by atoms with Gasteiger partial charge in [-0.05, 0) is 30.3 Å². The number of carbonyl (C=O) groups excluding carboxylic acids is 1. The molecular formula is C16H11NaO6. The molecule has 3 rings (SSSR count). The maximum absolute atomic E-state index is 12.5. The van der Waals surface area contributed by atoms with Gasteiger partial charge in [-0.3, -0.25) is 4.79 Å². The van der Waals surface area contributed by atoms with Gasteiger partial charge in [0.2, 0.25) is 5.43 Å². The molecule has 7 heteroatoms. The van der Waals surface area contributed by atoms with Crippen molar-refractivity contribution in [2.45, 2.75) is 0 Å². The third kappa shape index (κ3) is 3.40. The molecule has 0 aliphatic rings. The zero-order valence-electron chi connectivity index (χ0n) is 12.4. The van der Waals surface area contributed by atoms with Crippen LogP contribution < -0.4 is 44.8 Å². The Morgan fingerprint density at radius 3 is 2.61 bits per heavy atom. The summed E-state index contributed by atoms with van der Waals surface area (Å²) >= 11 is 0. The molecular weight excluding hydrogens is 311 g/mol. The van der Waals surface area contributed by atoms with E-state index in [4.69, 9.17) is 14.3 Å². The van der Waals surface area contributed by atoms with Gasteiger partial charge in [-0.15, -0.1) is 0 Å². The van der Waals surface area contributed by atoms with Gasteiger partial charge in [-0.2, -0.15) is 0 Å². The van der Waals surface area contributed by atoms with Crippen molar-refractivity contribution in [2.24, 2.45) is 0 Å². The summed E-state index contributed by atoms with van der Waals surface area (Å²) in [4.78, 5) is 23.3. The third-order valence-corrected chi connectivity index (χ3v) is 3.24. The molecule has 0 atom stereocenters. The first-order valence-electron chi connectivity index (χ1n) is 6.56. The predicted octanol–water partition coefficient (Wildman–Crippen LogP) is -2.32. The summed E-state index contributed by atoms with van der Waals surface area (Å²) in [5, 5.41) is 20.2. The Bertz CT molecular complexity index is 931. The number of benzene rings is 2. The molecule has 0 amide bonds. The first-order chi connectivity index (χ1) is 10.6. The van der Waals surface area contributed by atoms with Crippen LogP contribution in [-0.4, -0.2) is 24.3 Å². The summed E-state index contributed by atoms with van der Waals surface area (Å²) in [6.45, 7) is -0.00421. The molecule has 0 fully saturated rings. The Morgan fingerprint density at radius 2 is 1.91 bits per heavy atom. The van der Waals surface area contributed by atoms with E-state index >= 15 is 0 Å². The quantitative estimate of drug-likeness (QED) is 0.428. The number of hydrogen-bond donors (Lipinski definition) is 1. The Labute approximate surface area is 152 Å². The second kappa shape index (κ2) is 7.14. The maximum Gasteiger partial charge on any atom is 1.00 e. The molecule has 112 valence electrons.